The molecule has 0 bridgehead atoms. The number of nitrogens with two attached hydrogens (primary N) is 1. The van der Waals surface area contributed by atoms with Crippen LogP contribution in [0.4, 0.5) is 10.1 Å². The summed E-state index contributed by atoms with van der Waals surface area (Å²) in [5.41, 5.74) is 4.38. The van der Waals surface area contributed by atoms with Gasteiger partial charge in [-0.25, -0.2) is 9.18 Å². The van der Waals surface area contributed by atoms with Crippen LogP contribution in [-0.4, -0.2) is 24.5 Å². The van der Waals surface area contributed by atoms with Gasteiger partial charge >= 0.3 is 5.97 Å². The van der Waals surface area contributed by atoms with Crippen molar-refractivity contribution in [2.24, 2.45) is 5.73 Å². The van der Waals surface area contributed by atoms with Crippen molar-refractivity contribution in [3.8, 4) is 0 Å². The summed E-state index contributed by atoms with van der Waals surface area (Å²) in [6.07, 6.45) is 3.50. The van der Waals surface area contributed by atoms with Gasteiger partial charge in [-0.2, -0.15) is 0 Å². The Morgan fingerprint density at radius 2 is 2.26 bits per heavy atom. The second-order valence-electron chi connectivity index (χ2n) is 3.62. The number of ether oxygens (including phenoxy) is 1. The lowest BCUT2D eigenvalue weighted by Gasteiger charge is -2.04. The highest BCUT2D eigenvalue weighted by molar-refractivity contribution is 5.94. The van der Waals surface area contributed by atoms with Gasteiger partial charge in [0.1, 0.15) is 11.4 Å². The zero-order valence-electron chi connectivity index (χ0n) is 10.3. The van der Waals surface area contributed by atoms with Crippen LogP contribution in [0.15, 0.2) is 18.2 Å². The van der Waals surface area contributed by atoms with Gasteiger partial charge in [0.2, 0.25) is 0 Å². The Balaban J connectivity index is 3.28. The van der Waals surface area contributed by atoms with Gasteiger partial charge in [-0.05, 0) is 19.0 Å². The van der Waals surface area contributed by atoms with Crippen molar-refractivity contribution in [1.29, 1.82) is 0 Å². The molecular formula is C12H13FN2O4. The molecule has 6 nitrogen and oxygen atoms in total. The maximum Gasteiger partial charge on any atom is 0.344 e. The van der Waals surface area contributed by atoms with Crippen molar-refractivity contribution in [2.75, 3.05) is 13.7 Å². The highest BCUT2D eigenvalue weighted by Crippen LogP contribution is 2.24. The van der Waals surface area contributed by atoms with E-state index in [-0.39, 0.29) is 5.56 Å². The van der Waals surface area contributed by atoms with E-state index >= 15 is 0 Å². The third-order valence-corrected chi connectivity index (χ3v) is 2.35. The fourth-order valence-electron chi connectivity index (χ4n) is 1.44. The maximum absolute atomic E-state index is 13.7. The maximum atomic E-state index is 13.7. The summed E-state index contributed by atoms with van der Waals surface area (Å²) in [6, 6.07) is 1.79. The van der Waals surface area contributed by atoms with Crippen LogP contribution >= 0.6 is 0 Å². The quantitative estimate of drug-likeness (QED) is 0.499. The predicted molar refractivity (Wildman–Crippen MR) is 67.1 cm³/mol. The summed E-state index contributed by atoms with van der Waals surface area (Å²) in [7, 11) is 1.07. The lowest BCUT2D eigenvalue weighted by molar-refractivity contribution is -0.385. The van der Waals surface area contributed by atoms with E-state index < -0.39 is 28.0 Å². The first-order chi connectivity index (χ1) is 9.01. The van der Waals surface area contributed by atoms with Gasteiger partial charge in [0, 0.05) is 11.6 Å². The van der Waals surface area contributed by atoms with Gasteiger partial charge in [-0.3, -0.25) is 10.1 Å². The average Bonchev–Trinajstić information content (AvgIpc) is 2.39. The number of nitro benzene ring substituents is 1. The lowest BCUT2D eigenvalue weighted by atomic mass is 10.1. The lowest BCUT2D eigenvalue weighted by Crippen LogP contribution is -2.07. The molecule has 0 aliphatic rings. The molecule has 0 unspecified atom stereocenters. The van der Waals surface area contributed by atoms with Gasteiger partial charge < -0.3 is 10.5 Å². The fraction of sp³-hybridized carbons (Fsp3) is 0.250. The van der Waals surface area contributed by atoms with Crippen LogP contribution in [0.25, 0.3) is 6.08 Å². The average molecular weight is 268 g/mol. The summed E-state index contributed by atoms with van der Waals surface area (Å²) in [5, 5.41) is 10.9. The normalized spacial score (nSPS) is 10.7. The van der Waals surface area contributed by atoms with Crippen molar-refractivity contribution in [3.63, 3.8) is 0 Å². The molecule has 0 spiro atoms. The van der Waals surface area contributed by atoms with E-state index in [1.807, 2.05) is 0 Å². The highest BCUT2D eigenvalue weighted by atomic mass is 19.1. The standard InChI is InChI=1S/C12H13FN2O4/c1-19-12(16)9-7-10(13)8(4-2-3-5-14)6-11(9)15(17)18/h2,4,6-7H,3,5,14H2,1H3. The summed E-state index contributed by atoms with van der Waals surface area (Å²) >= 11 is 0. The molecule has 0 saturated heterocycles. The van der Waals surface area contributed by atoms with Crippen LogP contribution < -0.4 is 5.73 Å². The van der Waals surface area contributed by atoms with Crippen molar-refractivity contribution in [2.45, 2.75) is 6.42 Å². The van der Waals surface area contributed by atoms with Crippen LogP contribution in [0.5, 0.6) is 0 Å². The van der Waals surface area contributed by atoms with Crippen molar-refractivity contribution in [3.05, 3.63) is 45.3 Å². The first-order valence-electron chi connectivity index (χ1n) is 5.44. The summed E-state index contributed by atoms with van der Waals surface area (Å²) in [6.45, 7) is 0.389. The number of hydrogen-bond donors (Lipinski definition) is 1. The Labute approximate surface area is 108 Å². The molecule has 0 radical (unpaired) electrons. The van der Waals surface area contributed by atoms with Crippen molar-refractivity contribution in [1.82, 2.24) is 0 Å². The SMILES string of the molecule is COC(=O)c1cc(F)c(C=CCCN)cc1[N+](=O)[O-]. The number of nitro groups is 1. The van der Waals surface area contributed by atoms with E-state index in [0.717, 1.165) is 19.2 Å². The van der Waals surface area contributed by atoms with E-state index in [1.165, 1.54) is 6.08 Å². The van der Waals surface area contributed by atoms with Gasteiger partial charge in [0.05, 0.1) is 12.0 Å². The minimum Gasteiger partial charge on any atom is -0.465 e. The molecule has 0 atom stereocenters. The summed E-state index contributed by atoms with van der Waals surface area (Å²) in [4.78, 5) is 21.4. The van der Waals surface area contributed by atoms with Gasteiger partial charge in [0.15, 0.2) is 0 Å². The van der Waals surface area contributed by atoms with Crippen LogP contribution in [-0.2, 0) is 4.74 Å². The molecule has 7 heteroatoms. The van der Waals surface area contributed by atoms with Crippen LogP contribution in [0.3, 0.4) is 0 Å². The van der Waals surface area contributed by atoms with Crippen molar-refractivity contribution < 1.29 is 18.8 Å². The van der Waals surface area contributed by atoms with Gasteiger partial charge in [-0.15, -0.1) is 0 Å². The number of hydrogen-bond acceptors (Lipinski definition) is 5. The first kappa shape index (κ1) is 14.8. The topological polar surface area (TPSA) is 95.5 Å². The Morgan fingerprint density at radius 3 is 2.79 bits per heavy atom. The fourth-order valence-corrected chi connectivity index (χ4v) is 1.44. The number of carbonyl (C=O) groups excluding carboxylic acids is 1. The Bertz CT molecular complexity index is 529. The van der Waals surface area contributed by atoms with Crippen LogP contribution in [0.2, 0.25) is 0 Å². The predicted octanol–water partition coefficient (Wildman–Crippen LogP) is 1.88. The minimum absolute atomic E-state index is 0.0211. The molecule has 0 saturated carbocycles. The van der Waals surface area contributed by atoms with Gasteiger partial charge in [-0.1, -0.05) is 12.2 Å². The van der Waals surface area contributed by atoms with E-state index in [0.29, 0.717) is 13.0 Å². The van der Waals surface area contributed by atoms with E-state index in [9.17, 15) is 19.3 Å². The Morgan fingerprint density at radius 1 is 1.58 bits per heavy atom. The van der Waals surface area contributed by atoms with Crippen LogP contribution in [0, 0.1) is 15.9 Å². The summed E-state index contributed by atoms with van der Waals surface area (Å²) in [5.74, 6) is -1.69. The molecule has 0 aliphatic carbocycles. The zero-order chi connectivity index (χ0) is 14.4. The van der Waals surface area contributed by atoms with E-state index in [1.54, 1.807) is 6.08 Å². The second-order valence-corrected chi connectivity index (χ2v) is 3.62. The van der Waals surface area contributed by atoms with Gasteiger partial charge in [0.25, 0.3) is 5.69 Å². The zero-order valence-corrected chi connectivity index (χ0v) is 10.3. The molecule has 1 aromatic rings. The molecule has 2 N–H and O–H groups in total. The molecule has 102 valence electrons. The summed E-state index contributed by atoms with van der Waals surface area (Å²) < 4.78 is 18.1. The number of methoxy groups -OCH3 is 1. The van der Waals surface area contributed by atoms with Crippen LogP contribution in [0.1, 0.15) is 22.3 Å². The molecular weight excluding hydrogens is 255 g/mol. The molecule has 1 aromatic carbocycles. The highest BCUT2D eigenvalue weighted by Gasteiger charge is 2.23. The number of halogens is 1. The third kappa shape index (κ3) is 3.59. The van der Waals surface area contributed by atoms with E-state index in [4.69, 9.17) is 5.73 Å². The number of benzene rings is 1. The molecule has 0 aliphatic heterocycles. The number of nitrogens with zero attached hydrogens (tertiary/aromatic N) is 1. The smallest absolute Gasteiger partial charge is 0.344 e. The monoisotopic (exact) mass is 268 g/mol. The molecule has 19 heavy (non-hydrogen) atoms. The van der Waals surface area contributed by atoms with E-state index in [2.05, 4.69) is 4.74 Å². The molecule has 1 rings (SSSR count). The molecule has 0 fully saturated rings. The van der Waals surface area contributed by atoms with Crippen molar-refractivity contribution >= 4 is 17.7 Å². The minimum atomic E-state index is -0.955. The second kappa shape index (κ2) is 6.60. The number of rotatable bonds is 5. The third-order valence-electron chi connectivity index (χ3n) is 2.35. The Hall–Kier alpha value is -2.28. The molecule has 0 heterocycles. The molecule has 0 aromatic heterocycles. The molecule has 0 amide bonds. The largest absolute Gasteiger partial charge is 0.465 e. The number of carbonyl (C=O) groups is 1. The first-order valence-corrected chi connectivity index (χ1v) is 5.44. The number of esters is 1. The Kier molecular flexibility index (Phi) is 5.13.